The largest absolute Gasteiger partial charge is 0.492 e. The van der Waals surface area contributed by atoms with Gasteiger partial charge in [0.15, 0.2) is 0 Å². The Morgan fingerprint density at radius 2 is 2.47 bits per heavy atom. The summed E-state index contributed by atoms with van der Waals surface area (Å²) in [6.07, 6.45) is 4.96. The molecule has 0 N–H and O–H groups in total. The molecule has 0 amide bonds. The van der Waals surface area contributed by atoms with Crippen molar-refractivity contribution in [2.45, 2.75) is 12.2 Å². The number of hydrogen-bond donors (Lipinski definition) is 0. The topological polar surface area (TPSA) is 48.1 Å². The van der Waals surface area contributed by atoms with E-state index in [0.717, 1.165) is 6.61 Å². The molecule has 1 saturated heterocycles. The van der Waals surface area contributed by atoms with Crippen LogP contribution in [0, 0.1) is 0 Å². The Bertz CT molecular complexity index is 346. The van der Waals surface area contributed by atoms with Crippen molar-refractivity contribution < 1.29 is 19.0 Å². The fraction of sp³-hybridized carbons (Fsp3) is 0.455. The zero-order chi connectivity index (χ0) is 10.7. The lowest BCUT2D eigenvalue weighted by atomic mass is 10.0. The second kappa shape index (κ2) is 4.45. The molecule has 0 aromatic rings. The molecule has 0 bridgehead atoms. The molecule has 2 unspecified atom stereocenters. The third-order valence-corrected chi connectivity index (χ3v) is 2.27. The monoisotopic (exact) mass is 208 g/mol. The van der Waals surface area contributed by atoms with Crippen molar-refractivity contribution in [3.8, 4) is 0 Å². The van der Waals surface area contributed by atoms with E-state index in [1.54, 1.807) is 18.2 Å². The summed E-state index contributed by atoms with van der Waals surface area (Å²) in [6.45, 7) is 1.25. The number of allylic oxidation sites excluding steroid dienone is 2. The van der Waals surface area contributed by atoms with E-state index in [-0.39, 0.29) is 6.10 Å². The van der Waals surface area contributed by atoms with Gasteiger partial charge in [0.05, 0.1) is 12.2 Å². The van der Waals surface area contributed by atoms with Crippen LogP contribution in [0.4, 0.5) is 0 Å². The minimum Gasteiger partial charge on any atom is -0.492 e. The van der Waals surface area contributed by atoms with Crippen LogP contribution in [0.25, 0.3) is 0 Å². The molecule has 1 heterocycles. The van der Waals surface area contributed by atoms with Crippen LogP contribution in [0.5, 0.6) is 0 Å². The first-order chi connectivity index (χ1) is 7.35. The minimum absolute atomic E-state index is 0.193. The van der Waals surface area contributed by atoms with Crippen LogP contribution in [0.3, 0.4) is 0 Å². The van der Waals surface area contributed by atoms with Gasteiger partial charge in [0.25, 0.3) is 0 Å². The van der Waals surface area contributed by atoms with Crippen LogP contribution in [0.1, 0.15) is 0 Å². The first-order valence-electron chi connectivity index (χ1n) is 4.75. The van der Waals surface area contributed by atoms with Gasteiger partial charge in [-0.1, -0.05) is 6.08 Å². The van der Waals surface area contributed by atoms with Crippen molar-refractivity contribution in [2.24, 2.45) is 0 Å². The van der Waals surface area contributed by atoms with Crippen molar-refractivity contribution in [3.63, 3.8) is 0 Å². The summed E-state index contributed by atoms with van der Waals surface area (Å²) in [6, 6.07) is 0. The summed E-state index contributed by atoms with van der Waals surface area (Å²) in [7, 11) is 1.53. The van der Waals surface area contributed by atoms with Gasteiger partial charge in [-0.05, 0) is 12.2 Å². The molecule has 0 aromatic heterocycles. The molecule has 1 aliphatic carbocycles. The maximum atomic E-state index is 10.6. The molecule has 2 atom stereocenters. The molecule has 1 fully saturated rings. The second-order valence-electron chi connectivity index (χ2n) is 3.37. The fourth-order valence-electron chi connectivity index (χ4n) is 1.38. The Labute approximate surface area is 87.8 Å². The second-order valence-corrected chi connectivity index (χ2v) is 3.37. The van der Waals surface area contributed by atoms with E-state index in [1.165, 1.54) is 7.11 Å². The molecule has 0 saturated carbocycles. The van der Waals surface area contributed by atoms with Gasteiger partial charge < -0.3 is 14.2 Å². The van der Waals surface area contributed by atoms with Crippen molar-refractivity contribution in [3.05, 3.63) is 29.6 Å². The van der Waals surface area contributed by atoms with E-state index in [4.69, 9.17) is 14.2 Å². The van der Waals surface area contributed by atoms with E-state index in [9.17, 15) is 4.79 Å². The molecule has 0 aromatic carbocycles. The van der Waals surface area contributed by atoms with Gasteiger partial charge in [-0.3, -0.25) is 0 Å². The Hall–Kier alpha value is -1.35. The van der Waals surface area contributed by atoms with Gasteiger partial charge in [0.1, 0.15) is 30.5 Å². The van der Waals surface area contributed by atoms with Crippen LogP contribution in [0.2, 0.25) is 0 Å². The molecular formula is C11H12O4. The fourth-order valence-corrected chi connectivity index (χ4v) is 1.38. The quantitative estimate of drug-likeness (QED) is 0.502. The number of hydrogen-bond acceptors (Lipinski definition) is 4. The highest BCUT2D eigenvalue weighted by Crippen LogP contribution is 2.22. The van der Waals surface area contributed by atoms with Crippen LogP contribution in [-0.2, 0) is 19.0 Å². The van der Waals surface area contributed by atoms with Crippen LogP contribution >= 0.6 is 0 Å². The maximum absolute atomic E-state index is 10.6. The molecule has 4 heteroatoms. The summed E-state index contributed by atoms with van der Waals surface area (Å²) in [4.78, 5) is 10.6. The number of methoxy groups -OCH3 is 1. The Morgan fingerprint density at radius 1 is 1.67 bits per heavy atom. The number of ether oxygens (including phenoxy) is 3. The lowest BCUT2D eigenvalue weighted by molar-refractivity contribution is 0.0792. The normalized spacial score (nSPS) is 28.3. The summed E-state index contributed by atoms with van der Waals surface area (Å²) >= 11 is 0. The highest BCUT2D eigenvalue weighted by atomic mass is 16.6. The molecular weight excluding hydrogens is 196 g/mol. The zero-order valence-electron chi connectivity index (χ0n) is 8.43. The van der Waals surface area contributed by atoms with Gasteiger partial charge in [-0.2, -0.15) is 0 Å². The van der Waals surface area contributed by atoms with Gasteiger partial charge in [0, 0.05) is 7.11 Å². The third-order valence-electron chi connectivity index (χ3n) is 2.27. The van der Waals surface area contributed by atoms with Crippen molar-refractivity contribution in [1.82, 2.24) is 0 Å². The highest BCUT2D eigenvalue weighted by Gasteiger charge is 2.27. The molecule has 80 valence electrons. The third kappa shape index (κ3) is 2.36. The van der Waals surface area contributed by atoms with Crippen LogP contribution < -0.4 is 0 Å². The maximum Gasteiger partial charge on any atom is 0.149 e. The SMILES string of the molecule is COC1C(=C=O)C=CC=C1OCC1CO1. The smallest absolute Gasteiger partial charge is 0.149 e. The lowest BCUT2D eigenvalue weighted by Crippen LogP contribution is -2.21. The van der Waals surface area contributed by atoms with Crippen LogP contribution in [0.15, 0.2) is 29.6 Å². The van der Waals surface area contributed by atoms with Gasteiger partial charge in [-0.15, -0.1) is 0 Å². The van der Waals surface area contributed by atoms with Gasteiger partial charge in [-0.25, -0.2) is 4.79 Å². The number of epoxide rings is 1. The molecule has 1 aliphatic heterocycles. The van der Waals surface area contributed by atoms with E-state index < -0.39 is 6.10 Å². The van der Waals surface area contributed by atoms with Crippen molar-refractivity contribution in [2.75, 3.05) is 20.3 Å². The van der Waals surface area contributed by atoms with Crippen molar-refractivity contribution in [1.29, 1.82) is 0 Å². The van der Waals surface area contributed by atoms with Crippen molar-refractivity contribution >= 4 is 5.94 Å². The molecule has 2 rings (SSSR count). The Kier molecular flexibility index (Phi) is 3.02. The van der Waals surface area contributed by atoms with E-state index in [0.29, 0.717) is 17.9 Å². The minimum atomic E-state index is -0.439. The lowest BCUT2D eigenvalue weighted by Gasteiger charge is -2.20. The molecule has 0 radical (unpaired) electrons. The molecule has 15 heavy (non-hydrogen) atoms. The summed E-state index contributed by atoms with van der Waals surface area (Å²) < 4.78 is 15.7. The number of rotatable bonds is 4. The predicted octanol–water partition coefficient (Wildman–Crippen LogP) is 0.629. The molecule has 4 nitrogen and oxygen atoms in total. The standard InChI is InChI=1S/C11H12O4/c1-13-11-8(5-12)3-2-4-10(11)15-7-9-6-14-9/h2-4,9,11H,6-7H2,1H3. The summed E-state index contributed by atoms with van der Waals surface area (Å²) in [5, 5.41) is 0. The first kappa shape index (κ1) is 10.2. The first-order valence-corrected chi connectivity index (χ1v) is 4.75. The molecule has 2 aliphatic rings. The van der Waals surface area contributed by atoms with Crippen LogP contribution in [-0.4, -0.2) is 38.5 Å². The Balaban J connectivity index is 2.03. The average molecular weight is 208 g/mol. The molecule has 0 spiro atoms. The van der Waals surface area contributed by atoms with Gasteiger partial charge in [0.2, 0.25) is 0 Å². The predicted molar refractivity (Wildman–Crippen MR) is 52.9 cm³/mol. The van der Waals surface area contributed by atoms with E-state index in [2.05, 4.69) is 0 Å². The average Bonchev–Trinajstić information content (AvgIpc) is 3.09. The Morgan fingerprint density at radius 3 is 3.07 bits per heavy atom. The van der Waals surface area contributed by atoms with E-state index >= 15 is 0 Å². The highest BCUT2D eigenvalue weighted by molar-refractivity contribution is 5.62. The zero-order valence-corrected chi connectivity index (χ0v) is 8.43. The summed E-state index contributed by atoms with van der Waals surface area (Å²) in [5.41, 5.74) is 0.451. The summed E-state index contributed by atoms with van der Waals surface area (Å²) in [5.74, 6) is 2.47. The van der Waals surface area contributed by atoms with E-state index in [1.807, 2.05) is 5.94 Å². The van der Waals surface area contributed by atoms with Gasteiger partial charge >= 0.3 is 0 Å². The number of carbonyl (C=O) groups excluding carboxylic acids is 1.